The summed E-state index contributed by atoms with van der Waals surface area (Å²) in [5, 5.41) is 4.85. The van der Waals surface area contributed by atoms with Crippen molar-refractivity contribution in [3.05, 3.63) is 24.3 Å². The van der Waals surface area contributed by atoms with Crippen LogP contribution in [0.3, 0.4) is 0 Å². The smallest absolute Gasteiger partial charge is 0.227 e. The number of hydrogen-bond donors (Lipinski definition) is 1. The molecular weight excluding hydrogens is 284 g/mol. The van der Waals surface area contributed by atoms with E-state index in [2.05, 4.69) is 34.5 Å². The molecule has 2 heterocycles. The Morgan fingerprint density at radius 2 is 1.61 bits per heavy atom. The molecule has 0 bridgehead atoms. The maximum atomic E-state index is 4.93. The molecular formula is C19H26N4. The standard InChI is InChI=1S/C19H26N4/c1-2-8-14-23(13-7-1)19-21-17-12-6-5-11-16(17)18(22-19)20-15-9-3-4-10-15/h5-6,11-12,15H,1-4,7-10,13-14H2,(H,20,21,22). The molecule has 0 spiro atoms. The topological polar surface area (TPSA) is 41.1 Å². The van der Waals surface area contributed by atoms with Crippen molar-refractivity contribution in [2.24, 2.45) is 0 Å². The second kappa shape index (κ2) is 6.73. The Hall–Kier alpha value is -1.84. The van der Waals surface area contributed by atoms with E-state index in [0.29, 0.717) is 6.04 Å². The normalized spacial score (nSPS) is 19.9. The minimum atomic E-state index is 0.574. The van der Waals surface area contributed by atoms with Crippen molar-refractivity contribution in [3.63, 3.8) is 0 Å². The van der Waals surface area contributed by atoms with E-state index in [1.807, 2.05) is 0 Å². The van der Waals surface area contributed by atoms with Gasteiger partial charge in [0.15, 0.2) is 0 Å². The molecule has 0 radical (unpaired) electrons. The summed E-state index contributed by atoms with van der Waals surface area (Å²) in [4.78, 5) is 12.2. The molecule has 0 unspecified atom stereocenters. The molecule has 0 atom stereocenters. The van der Waals surface area contributed by atoms with E-state index in [1.54, 1.807) is 0 Å². The van der Waals surface area contributed by atoms with E-state index in [4.69, 9.17) is 9.97 Å². The van der Waals surface area contributed by atoms with Gasteiger partial charge in [0.25, 0.3) is 0 Å². The van der Waals surface area contributed by atoms with Crippen LogP contribution >= 0.6 is 0 Å². The van der Waals surface area contributed by atoms with Crippen molar-refractivity contribution in [3.8, 4) is 0 Å². The molecule has 122 valence electrons. The lowest BCUT2D eigenvalue weighted by atomic mass is 10.2. The van der Waals surface area contributed by atoms with Crippen molar-refractivity contribution >= 4 is 22.7 Å². The first-order chi connectivity index (χ1) is 11.4. The first-order valence-corrected chi connectivity index (χ1v) is 9.18. The Morgan fingerprint density at radius 3 is 2.39 bits per heavy atom. The van der Waals surface area contributed by atoms with Crippen LogP contribution in [-0.4, -0.2) is 29.1 Å². The third-order valence-electron chi connectivity index (χ3n) is 5.18. The second-order valence-electron chi connectivity index (χ2n) is 6.92. The summed E-state index contributed by atoms with van der Waals surface area (Å²) < 4.78 is 0. The van der Waals surface area contributed by atoms with Gasteiger partial charge < -0.3 is 10.2 Å². The molecule has 4 nitrogen and oxygen atoms in total. The highest BCUT2D eigenvalue weighted by atomic mass is 15.3. The molecule has 23 heavy (non-hydrogen) atoms. The van der Waals surface area contributed by atoms with Crippen molar-refractivity contribution in [2.45, 2.75) is 57.4 Å². The van der Waals surface area contributed by atoms with Crippen LogP contribution in [0.1, 0.15) is 51.4 Å². The van der Waals surface area contributed by atoms with Gasteiger partial charge in [0, 0.05) is 24.5 Å². The van der Waals surface area contributed by atoms with Gasteiger partial charge in [-0.25, -0.2) is 4.98 Å². The molecule has 1 aromatic carbocycles. The average Bonchev–Trinajstić information content (AvgIpc) is 2.94. The van der Waals surface area contributed by atoms with Crippen LogP contribution in [0.2, 0.25) is 0 Å². The second-order valence-corrected chi connectivity index (χ2v) is 6.92. The molecule has 1 saturated carbocycles. The van der Waals surface area contributed by atoms with Gasteiger partial charge in [0.2, 0.25) is 5.95 Å². The van der Waals surface area contributed by atoms with Crippen LogP contribution in [0, 0.1) is 0 Å². The number of para-hydroxylation sites is 1. The Balaban J connectivity index is 1.70. The third kappa shape index (κ3) is 3.26. The molecule has 1 saturated heterocycles. The van der Waals surface area contributed by atoms with E-state index in [9.17, 15) is 0 Å². The lowest BCUT2D eigenvalue weighted by Crippen LogP contribution is -2.27. The lowest BCUT2D eigenvalue weighted by molar-refractivity contribution is 0.726. The summed E-state index contributed by atoms with van der Waals surface area (Å²) in [5.74, 6) is 1.94. The highest BCUT2D eigenvalue weighted by molar-refractivity contribution is 5.90. The Kier molecular flexibility index (Phi) is 4.31. The average molecular weight is 310 g/mol. The monoisotopic (exact) mass is 310 g/mol. The molecule has 4 heteroatoms. The van der Waals surface area contributed by atoms with Crippen molar-refractivity contribution < 1.29 is 0 Å². The molecule has 1 aliphatic heterocycles. The highest BCUT2D eigenvalue weighted by Crippen LogP contribution is 2.28. The zero-order valence-corrected chi connectivity index (χ0v) is 13.8. The largest absolute Gasteiger partial charge is 0.367 e. The van der Waals surface area contributed by atoms with Gasteiger partial charge in [-0.15, -0.1) is 0 Å². The summed E-state index contributed by atoms with van der Waals surface area (Å²) in [6, 6.07) is 8.97. The van der Waals surface area contributed by atoms with Crippen LogP contribution in [0.15, 0.2) is 24.3 Å². The molecule has 1 aromatic heterocycles. The van der Waals surface area contributed by atoms with Crippen molar-refractivity contribution in [2.75, 3.05) is 23.3 Å². The Bertz CT molecular complexity index is 655. The molecule has 0 amide bonds. The zero-order chi connectivity index (χ0) is 15.5. The van der Waals surface area contributed by atoms with Gasteiger partial charge in [0.05, 0.1) is 5.52 Å². The van der Waals surface area contributed by atoms with Gasteiger partial charge in [0.1, 0.15) is 5.82 Å². The van der Waals surface area contributed by atoms with Crippen molar-refractivity contribution in [1.82, 2.24) is 9.97 Å². The summed E-state index contributed by atoms with van der Waals surface area (Å²) in [7, 11) is 0. The predicted octanol–water partition coefficient (Wildman–Crippen LogP) is 4.36. The maximum Gasteiger partial charge on any atom is 0.227 e. The SMILES string of the molecule is c1ccc2c(NC3CCCC3)nc(N3CCCCCC3)nc2c1. The minimum Gasteiger partial charge on any atom is -0.367 e. The van der Waals surface area contributed by atoms with Gasteiger partial charge in [-0.05, 0) is 37.8 Å². The number of rotatable bonds is 3. The summed E-state index contributed by atoms with van der Waals surface area (Å²) in [6.45, 7) is 2.17. The fourth-order valence-electron chi connectivity index (χ4n) is 3.85. The summed E-state index contributed by atoms with van der Waals surface area (Å²) >= 11 is 0. The van der Waals surface area contributed by atoms with E-state index >= 15 is 0 Å². The molecule has 2 fully saturated rings. The fraction of sp³-hybridized carbons (Fsp3) is 0.579. The zero-order valence-electron chi connectivity index (χ0n) is 13.8. The van der Waals surface area contributed by atoms with Crippen LogP contribution in [0.4, 0.5) is 11.8 Å². The van der Waals surface area contributed by atoms with Gasteiger partial charge >= 0.3 is 0 Å². The summed E-state index contributed by atoms with van der Waals surface area (Å²) in [5.41, 5.74) is 1.06. The number of aromatic nitrogens is 2. The van der Waals surface area contributed by atoms with Gasteiger partial charge in [-0.2, -0.15) is 4.98 Å². The first-order valence-electron chi connectivity index (χ1n) is 9.18. The number of benzene rings is 1. The van der Waals surface area contributed by atoms with Gasteiger partial charge in [-0.1, -0.05) is 37.8 Å². The highest BCUT2D eigenvalue weighted by Gasteiger charge is 2.19. The number of nitrogens with one attached hydrogen (secondary N) is 1. The molecule has 4 rings (SSSR count). The van der Waals surface area contributed by atoms with E-state index < -0.39 is 0 Å². The van der Waals surface area contributed by atoms with Crippen LogP contribution in [0.5, 0.6) is 0 Å². The van der Waals surface area contributed by atoms with E-state index in [-0.39, 0.29) is 0 Å². The van der Waals surface area contributed by atoms with Crippen LogP contribution < -0.4 is 10.2 Å². The predicted molar refractivity (Wildman–Crippen MR) is 96.1 cm³/mol. The maximum absolute atomic E-state index is 4.93. The van der Waals surface area contributed by atoms with Crippen LogP contribution in [-0.2, 0) is 0 Å². The molecule has 1 aliphatic carbocycles. The third-order valence-corrected chi connectivity index (χ3v) is 5.18. The van der Waals surface area contributed by atoms with E-state index in [0.717, 1.165) is 35.8 Å². The summed E-state index contributed by atoms with van der Waals surface area (Å²) in [6.07, 6.45) is 10.4. The van der Waals surface area contributed by atoms with Gasteiger partial charge in [-0.3, -0.25) is 0 Å². The lowest BCUT2D eigenvalue weighted by Gasteiger charge is -2.22. The van der Waals surface area contributed by atoms with Crippen LogP contribution in [0.25, 0.3) is 10.9 Å². The molecule has 1 N–H and O–H groups in total. The number of fused-ring (bicyclic) bond motifs is 1. The number of anilines is 2. The molecule has 2 aromatic rings. The Labute approximate surface area is 138 Å². The van der Waals surface area contributed by atoms with Crippen molar-refractivity contribution in [1.29, 1.82) is 0 Å². The number of hydrogen-bond acceptors (Lipinski definition) is 4. The minimum absolute atomic E-state index is 0.574. The van der Waals surface area contributed by atoms with E-state index in [1.165, 1.54) is 51.4 Å². The first kappa shape index (κ1) is 14.7. The molecule has 2 aliphatic rings. The fourth-order valence-corrected chi connectivity index (χ4v) is 3.85. The number of nitrogens with zero attached hydrogens (tertiary/aromatic N) is 3. The quantitative estimate of drug-likeness (QED) is 0.914. The Morgan fingerprint density at radius 1 is 0.870 bits per heavy atom.